The molecule has 1 fully saturated rings. The third kappa shape index (κ3) is 4.70. The van der Waals surface area contributed by atoms with Crippen LogP contribution >= 0.6 is 0 Å². The number of aliphatic imine (C=N–C) groups is 1. The zero-order chi connectivity index (χ0) is 15.1. The molecule has 1 aliphatic rings. The molecule has 0 amide bonds. The second-order valence-electron chi connectivity index (χ2n) is 5.55. The molecule has 5 heteroatoms. The first kappa shape index (κ1) is 15.8. The van der Waals surface area contributed by atoms with Gasteiger partial charge in [-0.15, -0.1) is 0 Å². The molecule has 1 aromatic heterocycles. The Bertz CT molecular complexity index is 469. The Kier molecular flexibility index (Phi) is 5.99. The summed E-state index contributed by atoms with van der Waals surface area (Å²) in [5.74, 6) is 1.55. The summed E-state index contributed by atoms with van der Waals surface area (Å²) in [5.41, 5.74) is 2.22. The van der Waals surface area contributed by atoms with E-state index >= 15 is 0 Å². The topological polar surface area (TPSA) is 49.8 Å². The molecule has 21 heavy (non-hydrogen) atoms. The maximum absolute atomic E-state index is 5.45. The summed E-state index contributed by atoms with van der Waals surface area (Å²) in [6.07, 6.45) is 2.97. The van der Waals surface area contributed by atoms with Gasteiger partial charge in [-0.2, -0.15) is 0 Å². The predicted octanol–water partition coefficient (Wildman–Crippen LogP) is 1.82. The summed E-state index contributed by atoms with van der Waals surface area (Å²) in [7, 11) is 2.09. The zero-order valence-corrected chi connectivity index (χ0v) is 13.3. The lowest BCUT2D eigenvalue weighted by molar-refractivity contribution is 0.181. The van der Waals surface area contributed by atoms with Crippen LogP contribution in [0.3, 0.4) is 0 Å². The van der Waals surface area contributed by atoms with Crippen LogP contribution in [0.4, 0.5) is 0 Å². The predicted molar refractivity (Wildman–Crippen MR) is 85.3 cm³/mol. The molecule has 116 valence electrons. The molecule has 1 aromatic rings. The van der Waals surface area contributed by atoms with E-state index in [2.05, 4.69) is 42.2 Å². The second kappa shape index (κ2) is 7.98. The molecule has 1 N–H and O–H groups in total. The van der Waals surface area contributed by atoms with Gasteiger partial charge < -0.3 is 15.0 Å². The van der Waals surface area contributed by atoms with E-state index in [-0.39, 0.29) is 0 Å². The Morgan fingerprint density at radius 3 is 3.10 bits per heavy atom. The number of aryl methyl sites for hydroxylation is 1. The Morgan fingerprint density at radius 1 is 1.57 bits per heavy atom. The first-order valence-corrected chi connectivity index (χ1v) is 7.68. The van der Waals surface area contributed by atoms with Gasteiger partial charge in [-0.05, 0) is 31.9 Å². The van der Waals surface area contributed by atoms with Gasteiger partial charge in [0.2, 0.25) is 0 Å². The number of rotatable bonds is 5. The number of nitrogens with zero attached hydrogens (tertiary/aromatic N) is 3. The van der Waals surface area contributed by atoms with Crippen LogP contribution in [0.25, 0.3) is 0 Å². The molecule has 0 spiro atoms. The van der Waals surface area contributed by atoms with Gasteiger partial charge >= 0.3 is 0 Å². The Hall–Kier alpha value is -1.62. The fraction of sp³-hybridized carbons (Fsp3) is 0.625. The molecule has 0 saturated carbocycles. The van der Waals surface area contributed by atoms with Gasteiger partial charge in [0, 0.05) is 38.9 Å². The highest BCUT2D eigenvalue weighted by Gasteiger charge is 2.19. The minimum absolute atomic E-state index is 0.607. The molecule has 1 unspecified atom stereocenters. The van der Waals surface area contributed by atoms with Crippen molar-refractivity contribution in [1.29, 1.82) is 0 Å². The van der Waals surface area contributed by atoms with Crippen LogP contribution in [0.5, 0.6) is 0 Å². The highest BCUT2D eigenvalue weighted by molar-refractivity contribution is 5.79. The van der Waals surface area contributed by atoms with Gasteiger partial charge in [0.25, 0.3) is 0 Å². The summed E-state index contributed by atoms with van der Waals surface area (Å²) < 4.78 is 5.45. The second-order valence-corrected chi connectivity index (χ2v) is 5.55. The normalized spacial score (nSPS) is 18.8. The summed E-state index contributed by atoms with van der Waals surface area (Å²) in [4.78, 5) is 11.3. The Morgan fingerprint density at radius 2 is 2.43 bits per heavy atom. The van der Waals surface area contributed by atoms with Crippen LogP contribution in [-0.4, -0.2) is 49.2 Å². The van der Waals surface area contributed by atoms with Gasteiger partial charge in [-0.1, -0.05) is 6.07 Å². The number of hydrogen-bond acceptors (Lipinski definition) is 3. The molecular formula is C16H26N4O. The largest absolute Gasteiger partial charge is 0.381 e. The standard InChI is InChI=1S/C16H26N4O/c1-4-17-16(20(3)11-14-7-9-21-12-14)19-10-15-13(2)6-5-8-18-15/h5-6,8,14H,4,7,9-12H2,1-3H3,(H,17,19). The highest BCUT2D eigenvalue weighted by Crippen LogP contribution is 2.13. The van der Waals surface area contributed by atoms with E-state index in [4.69, 9.17) is 9.73 Å². The molecular weight excluding hydrogens is 264 g/mol. The van der Waals surface area contributed by atoms with Gasteiger partial charge in [-0.25, -0.2) is 4.99 Å². The number of nitrogens with one attached hydrogen (secondary N) is 1. The number of aromatic nitrogens is 1. The lowest BCUT2D eigenvalue weighted by atomic mass is 10.1. The van der Waals surface area contributed by atoms with Crippen molar-refractivity contribution in [3.8, 4) is 0 Å². The molecule has 5 nitrogen and oxygen atoms in total. The minimum Gasteiger partial charge on any atom is -0.381 e. The first-order valence-electron chi connectivity index (χ1n) is 7.68. The van der Waals surface area contributed by atoms with Gasteiger partial charge in [0.05, 0.1) is 18.8 Å². The van der Waals surface area contributed by atoms with E-state index in [1.807, 2.05) is 12.3 Å². The summed E-state index contributed by atoms with van der Waals surface area (Å²) in [5, 5.41) is 3.35. The lowest BCUT2D eigenvalue weighted by Gasteiger charge is -2.24. The van der Waals surface area contributed by atoms with Crippen molar-refractivity contribution in [1.82, 2.24) is 15.2 Å². The lowest BCUT2D eigenvalue weighted by Crippen LogP contribution is -2.41. The number of hydrogen-bond donors (Lipinski definition) is 1. The van der Waals surface area contributed by atoms with Crippen molar-refractivity contribution in [2.45, 2.75) is 26.8 Å². The zero-order valence-electron chi connectivity index (χ0n) is 13.3. The van der Waals surface area contributed by atoms with Crippen LogP contribution in [0.15, 0.2) is 23.3 Å². The maximum Gasteiger partial charge on any atom is 0.194 e. The molecule has 0 aromatic carbocycles. The van der Waals surface area contributed by atoms with Crippen molar-refractivity contribution in [2.75, 3.05) is 33.4 Å². The third-order valence-electron chi connectivity index (χ3n) is 3.75. The number of ether oxygens (including phenoxy) is 1. The van der Waals surface area contributed by atoms with Crippen molar-refractivity contribution in [3.63, 3.8) is 0 Å². The van der Waals surface area contributed by atoms with E-state index in [9.17, 15) is 0 Å². The highest BCUT2D eigenvalue weighted by atomic mass is 16.5. The minimum atomic E-state index is 0.607. The Balaban J connectivity index is 1.99. The first-order chi connectivity index (χ1) is 10.2. The summed E-state index contributed by atoms with van der Waals surface area (Å²) >= 11 is 0. The van der Waals surface area contributed by atoms with E-state index < -0.39 is 0 Å². The molecule has 0 radical (unpaired) electrons. The van der Waals surface area contributed by atoms with Gasteiger partial charge in [-0.3, -0.25) is 4.98 Å². The molecule has 1 aliphatic heterocycles. The molecule has 1 saturated heterocycles. The smallest absolute Gasteiger partial charge is 0.194 e. The molecule has 2 heterocycles. The van der Waals surface area contributed by atoms with Crippen molar-refractivity contribution >= 4 is 5.96 Å². The van der Waals surface area contributed by atoms with E-state index in [1.54, 1.807) is 0 Å². The van der Waals surface area contributed by atoms with Crippen LogP contribution < -0.4 is 5.32 Å². The molecule has 1 atom stereocenters. The molecule has 0 bridgehead atoms. The Labute approximate surface area is 127 Å². The molecule has 2 rings (SSSR count). The van der Waals surface area contributed by atoms with Gasteiger partial charge in [0.15, 0.2) is 5.96 Å². The third-order valence-corrected chi connectivity index (χ3v) is 3.75. The average Bonchev–Trinajstić information content (AvgIpc) is 2.97. The summed E-state index contributed by atoms with van der Waals surface area (Å²) in [6.45, 7) is 8.37. The maximum atomic E-state index is 5.45. The van der Waals surface area contributed by atoms with Crippen LogP contribution in [-0.2, 0) is 11.3 Å². The van der Waals surface area contributed by atoms with E-state index in [1.165, 1.54) is 5.56 Å². The number of guanidine groups is 1. The van der Waals surface area contributed by atoms with Crippen LogP contribution in [0.1, 0.15) is 24.6 Å². The number of pyridine rings is 1. The average molecular weight is 290 g/mol. The van der Waals surface area contributed by atoms with E-state index in [0.29, 0.717) is 12.5 Å². The van der Waals surface area contributed by atoms with Crippen LogP contribution in [0, 0.1) is 12.8 Å². The fourth-order valence-corrected chi connectivity index (χ4v) is 2.50. The monoisotopic (exact) mass is 290 g/mol. The quantitative estimate of drug-likeness (QED) is 0.664. The summed E-state index contributed by atoms with van der Waals surface area (Å²) in [6, 6.07) is 4.03. The van der Waals surface area contributed by atoms with Crippen molar-refractivity contribution < 1.29 is 4.74 Å². The fourth-order valence-electron chi connectivity index (χ4n) is 2.50. The van der Waals surface area contributed by atoms with Crippen LogP contribution in [0.2, 0.25) is 0 Å². The van der Waals surface area contributed by atoms with Crippen molar-refractivity contribution in [3.05, 3.63) is 29.6 Å². The van der Waals surface area contributed by atoms with Crippen molar-refractivity contribution in [2.24, 2.45) is 10.9 Å². The van der Waals surface area contributed by atoms with Gasteiger partial charge in [0.1, 0.15) is 0 Å². The molecule has 0 aliphatic carbocycles. The van der Waals surface area contributed by atoms with E-state index in [0.717, 1.165) is 44.4 Å². The SMILES string of the molecule is CCNC(=NCc1ncccc1C)N(C)CC1CCOC1.